The lowest BCUT2D eigenvalue weighted by Crippen LogP contribution is -2.28. The summed E-state index contributed by atoms with van der Waals surface area (Å²) in [6.45, 7) is 5.95. The topological polar surface area (TPSA) is 65.5 Å². The Morgan fingerprint density at radius 2 is 2.26 bits per heavy atom. The summed E-state index contributed by atoms with van der Waals surface area (Å²) in [6.07, 6.45) is 2.53. The van der Waals surface area contributed by atoms with Gasteiger partial charge >= 0.3 is 5.97 Å². The number of aromatic nitrogens is 1. The van der Waals surface area contributed by atoms with E-state index in [0.717, 1.165) is 13.0 Å². The first-order chi connectivity index (χ1) is 8.91. The number of nitrogens with zero attached hydrogens (tertiary/aromatic N) is 2. The van der Waals surface area contributed by atoms with Crippen LogP contribution in [0.25, 0.3) is 0 Å². The van der Waals surface area contributed by atoms with E-state index in [-0.39, 0.29) is 5.56 Å². The average Bonchev–Trinajstić information content (AvgIpc) is 2.35. The van der Waals surface area contributed by atoms with Gasteiger partial charge in [0, 0.05) is 23.3 Å². The highest BCUT2D eigenvalue weighted by molar-refractivity contribution is 9.10. The number of halogens is 1. The van der Waals surface area contributed by atoms with E-state index in [0.29, 0.717) is 22.9 Å². The fraction of sp³-hybridized carbons (Fsp3) is 0.538. The molecule has 1 aromatic rings. The van der Waals surface area contributed by atoms with Crippen LogP contribution in [0.4, 0.5) is 5.82 Å². The SMILES string of the molecule is CC(C)N(C)CCCNc1ncc(Br)cc1C(=O)O. The van der Waals surface area contributed by atoms with E-state index in [1.807, 2.05) is 0 Å². The van der Waals surface area contributed by atoms with E-state index in [2.05, 4.69) is 52.0 Å². The number of carboxylic acid groups (broad SMARTS) is 1. The van der Waals surface area contributed by atoms with Crippen LogP contribution in [-0.2, 0) is 0 Å². The Bertz CT molecular complexity index is 438. The average molecular weight is 330 g/mol. The van der Waals surface area contributed by atoms with Crippen molar-refractivity contribution in [3.8, 4) is 0 Å². The van der Waals surface area contributed by atoms with Gasteiger partial charge in [-0.15, -0.1) is 0 Å². The monoisotopic (exact) mass is 329 g/mol. The molecule has 0 fully saturated rings. The molecule has 1 rings (SSSR count). The van der Waals surface area contributed by atoms with Gasteiger partial charge in [-0.05, 0) is 55.9 Å². The molecule has 0 radical (unpaired) electrons. The van der Waals surface area contributed by atoms with Crippen molar-refractivity contribution in [3.05, 3.63) is 22.3 Å². The van der Waals surface area contributed by atoms with Gasteiger partial charge in [0.15, 0.2) is 0 Å². The van der Waals surface area contributed by atoms with Gasteiger partial charge in [0.05, 0.1) is 0 Å². The van der Waals surface area contributed by atoms with Crippen molar-refractivity contribution < 1.29 is 9.90 Å². The quantitative estimate of drug-likeness (QED) is 0.753. The van der Waals surface area contributed by atoms with Crippen molar-refractivity contribution >= 4 is 27.7 Å². The molecule has 0 unspecified atom stereocenters. The minimum Gasteiger partial charge on any atom is -0.478 e. The maximum absolute atomic E-state index is 11.1. The van der Waals surface area contributed by atoms with Gasteiger partial charge in [-0.1, -0.05) is 0 Å². The number of hydrogen-bond donors (Lipinski definition) is 2. The van der Waals surface area contributed by atoms with Crippen LogP contribution in [0, 0.1) is 0 Å². The molecule has 5 nitrogen and oxygen atoms in total. The van der Waals surface area contributed by atoms with Gasteiger partial charge in [0.2, 0.25) is 0 Å². The van der Waals surface area contributed by atoms with E-state index in [1.165, 1.54) is 0 Å². The van der Waals surface area contributed by atoms with Crippen molar-refractivity contribution in [1.82, 2.24) is 9.88 Å². The van der Waals surface area contributed by atoms with Crippen molar-refractivity contribution in [1.29, 1.82) is 0 Å². The number of aromatic carboxylic acids is 1. The zero-order valence-corrected chi connectivity index (χ0v) is 13.1. The highest BCUT2D eigenvalue weighted by atomic mass is 79.9. The number of hydrogen-bond acceptors (Lipinski definition) is 4. The van der Waals surface area contributed by atoms with Gasteiger partial charge in [0.1, 0.15) is 11.4 Å². The molecule has 0 atom stereocenters. The molecule has 0 aliphatic rings. The summed E-state index contributed by atoms with van der Waals surface area (Å²) in [5, 5.41) is 12.2. The third-order valence-corrected chi connectivity index (χ3v) is 3.38. The molecule has 0 saturated heterocycles. The van der Waals surface area contributed by atoms with Gasteiger partial charge in [-0.3, -0.25) is 0 Å². The number of carboxylic acids is 1. The Balaban J connectivity index is 2.52. The van der Waals surface area contributed by atoms with E-state index in [1.54, 1.807) is 12.3 Å². The number of anilines is 1. The van der Waals surface area contributed by atoms with Crippen LogP contribution < -0.4 is 5.32 Å². The summed E-state index contributed by atoms with van der Waals surface area (Å²) in [4.78, 5) is 17.4. The molecule has 0 spiro atoms. The lowest BCUT2D eigenvalue weighted by atomic mass is 10.2. The molecule has 0 bridgehead atoms. The van der Waals surface area contributed by atoms with Crippen molar-refractivity contribution in [2.24, 2.45) is 0 Å². The molecule has 0 saturated carbocycles. The molecule has 19 heavy (non-hydrogen) atoms. The third kappa shape index (κ3) is 5.16. The molecule has 6 heteroatoms. The summed E-state index contributed by atoms with van der Waals surface area (Å²) in [6, 6.07) is 2.07. The lowest BCUT2D eigenvalue weighted by molar-refractivity contribution is 0.0697. The van der Waals surface area contributed by atoms with Crippen LogP contribution in [0.3, 0.4) is 0 Å². The molecule has 0 amide bonds. The van der Waals surface area contributed by atoms with Crippen LogP contribution in [0.5, 0.6) is 0 Å². The Labute approximate surface area is 122 Å². The number of pyridine rings is 1. The first kappa shape index (κ1) is 15.9. The molecule has 1 heterocycles. The predicted octanol–water partition coefficient (Wildman–Crippen LogP) is 2.68. The summed E-state index contributed by atoms with van der Waals surface area (Å²) in [5.74, 6) is -0.557. The lowest BCUT2D eigenvalue weighted by Gasteiger charge is -2.20. The smallest absolute Gasteiger partial charge is 0.339 e. The highest BCUT2D eigenvalue weighted by Gasteiger charge is 2.11. The third-order valence-electron chi connectivity index (χ3n) is 2.95. The van der Waals surface area contributed by atoms with Crippen LogP contribution in [0.1, 0.15) is 30.6 Å². The molecule has 2 N–H and O–H groups in total. The second kappa shape index (κ2) is 7.45. The summed E-state index contributed by atoms with van der Waals surface area (Å²) in [5.41, 5.74) is 0.187. The zero-order valence-electron chi connectivity index (χ0n) is 11.5. The van der Waals surface area contributed by atoms with Crippen molar-refractivity contribution in [2.75, 3.05) is 25.5 Å². The van der Waals surface area contributed by atoms with Crippen LogP contribution >= 0.6 is 15.9 Å². The van der Waals surface area contributed by atoms with Crippen LogP contribution in [0.2, 0.25) is 0 Å². The van der Waals surface area contributed by atoms with Gasteiger partial charge < -0.3 is 15.3 Å². The minimum atomic E-state index is -0.976. The molecule has 0 aliphatic heterocycles. The van der Waals surface area contributed by atoms with Crippen molar-refractivity contribution in [3.63, 3.8) is 0 Å². The highest BCUT2D eigenvalue weighted by Crippen LogP contribution is 2.17. The predicted molar refractivity (Wildman–Crippen MR) is 79.8 cm³/mol. The summed E-state index contributed by atoms with van der Waals surface area (Å²) >= 11 is 3.22. The fourth-order valence-electron chi connectivity index (χ4n) is 1.54. The van der Waals surface area contributed by atoms with Gasteiger partial charge in [0.25, 0.3) is 0 Å². The maximum Gasteiger partial charge on any atom is 0.339 e. The summed E-state index contributed by atoms with van der Waals surface area (Å²) < 4.78 is 0.662. The van der Waals surface area contributed by atoms with Crippen LogP contribution in [0.15, 0.2) is 16.7 Å². The van der Waals surface area contributed by atoms with Gasteiger partial charge in [-0.25, -0.2) is 9.78 Å². The minimum absolute atomic E-state index is 0.187. The number of rotatable bonds is 7. The second-order valence-corrected chi connectivity index (χ2v) is 5.63. The van der Waals surface area contributed by atoms with E-state index >= 15 is 0 Å². The first-order valence-corrected chi connectivity index (χ1v) is 7.04. The molecule has 0 aromatic carbocycles. The largest absolute Gasteiger partial charge is 0.478 e. The Hall–Kier alpha value is -1.14. The molecule has 0 aliphatic carbocycles. The molecular weight excluding hydrogens is 310 g/mol. The van der Waals surface area contributed by atoms with Gasteiger partial charge in [-0.2, -0.15) is 0 Å². The first-order valence-electron chi connectivity index (χ1n) is 6.24. The fourth-order valence-corrected chi connectivity index (χ4v) is 1.87. The molecular formula is C13H20BrN3O2. The summed E-state index contributed by atoms with van der Waals surface area (Å²) in [7, 11) is 2.07. The number of nitrogens with one attached hydrogen (secondary N) is 1. The normalized spacial score (nSPS) is 11.1. The van der Waals surface area contributed by atoms with E-state index < -0.39 is 5.97 Å². The second-order valence-electron chi connectivity index (χ2n) is 4.71. The van der Waals surface area contributed by atoms with Crippen molar-refractivity contribution in [2.45, 2.75) is 26.3 Å². The van der Waals surface area contributed by atoms with E-state index in [9.17, 15) is 4.79 Å². The Morgan fingerprint density at radius 1 is 1.58 bits per heavy atom. The molecule has 106 valence electrons. The Morgan fingerprint density at radius 3 is 2.84 bits per heavy atom. The van der Waals surface area contributed by atoms with E-state index in [4.69, 9.17) is 5.11 Å². The van der Waals surface area contributed by atoms with Crippen LogP contribution in [-0.4, -0.2) is 47.1 Å². The maximum atomic E-state index is 11.1. The Kier molecular flexibility index (Phi) is 6.24. The zero-order chi connectivity index (χ0) is 14.4. The standard InChI is InChI=1S/C13H20BrN3O2/c1-9(2)17(3)6-4-5-15-12-11(13(18)19)7-10(14)8-16-12/h7-9H,4-6H2,1-3H3,(H,15,16)(H,18,19). The molecule has 1 aromatic heterocycles. The number of carbonyl (C=O) groups is 1.